The van der Waals surface area contributed by atoms with Crippen molar-refractivity contribution in [2.75, 3.05) is 13.6 Å². The highest BCUT2D eigenvalue weighted by atomic mass is 35.5. The van der Waals surface area contributed by atoms with Gasteiger partial charge < -0.3 is 10.2 Å². The topological polar surface area (TPSA) is 32.3 Å². The van der Waals surface area contributed by atoms with Crippen molar-refractivity contribution < 1.29 is 4.79 Å². The van der Waals surface area contributed by atoms with Crippen molar-refractivity contribution in [2.24, 2.45) is 5.92 Å². The van der Waals surface area contributed by atoms with E-state index in [-0.39, 0.29) is 17.9 Å². The maximum atomic E-state index is 13.0. The Morgan fingerprint density at radius 1 is 1.25 bits per heavy atom. The summed E-state index contributed by atoms with van der Waals surface area (Å²) in [7, 11) is 1.88. The number of rotatable bonds is 4. The van der Waals surface area contributed by atoms with Crippen molar-refractivity contribution >= 4 is 17.5 Å². The summed E-state index contributed by atoms with van der Waals surface area (Å²) in [5.74, 6) is 0.130. The largest absolute Gasteiger partial charge is 0.331 e. The fourth-order valence-electron chi connectivity index (χ4n) is 3.43. The maximum absolute atomic E-state index is 13.0. The van der Waals surface area contributed by atoms with Crippen LogP contribution in [-0.4, -0.2) is 24.4 Å². The second-order valence-corrected chi connectivity index (χ2v) is 6.90. The minimum atomic E-state index is -0.0538. The molecule has 0 bridgehead atoms. The van der Waals surface area contributed by atoms with E-state index in [0.29, 0.717) is 13.1 Å². The predicted octanol–water partition coefficient (Wildman–Crippen LogP) is 3.82. The average molecular weight is 343 g/mol. The highest BCUT2D eigenvalue weighted by molar-refractivity contribution is 6.30. The van der Waals surface area contributed by atoms with Crippen molar-refractivity contribution in [1.29, 1.82) is 0 Å². The molecule has 2 atom stereocenters. The van der Waals surface area contributed by atoms with E-state index in [1.807, 2.05) is 49.2 Å². The first-order chi connectivity index (χ1) is 11.6. The van der Waals surface area contributed by atoms with Crippen molar-refractivity contribution in [3.05, 3.63) is 70.2 Å². The zero-order valence-electron chi connectivity index (χ0n) is 14.1. The van der Waals surface area contributed by atoms with E-state index in [9.17, 15) is 4.79 Å². The summed E-state index contributed by atoms with van der Waals surface area (Å²) in [5.41, 5.74) is 3.61. The van der Waals surface area contributed by atoms with Crippen LogP contribution >= 0.6 is 11.6 Å². The van der Waals surface area contributed by atoms with Gasteiger partial charge in [-0.05, 0) is 42.3 Å². The molecule has 3 nitrogen and oxygen atoms in total. The lowest BCUT2D eigenvalue weighted by atomic mass is 9.89. The molecule has 0 aliphatic carbocycles. The monoisotopic (exact) mass is 342 g/mol. The van der Waals surface area contributed by atoms with Crippen LogP contribution in [0.5, 0.6) is 0 Å². The molecule has 24 heavy (non-hydrogen) atoms. The fourth-order valence-corrected chi connectivity index (χ4v) is 3.63. The van der Waals surface area contributed by atoms with Crippen molar-refractivity contribution in [3.63, 3.8) is 0 Å². The van der Waals surface area contributed by atoms with Crippen molar-refractivity contribution in [2.45, 2.75) is 25.9 Å². The molecular formula is C20H23ClN2O. The smallest absolute Gasteiger partial charge is 0.227 e. The molecule has 0 radical (unpaired) electrons. The third kappa shape index (κ3) is 3.47. The van der Waals surface area contributed by atoms with Gasteiger partial charge in [-0.2, -0.15) is 0 Å². The van der Waals surface area contributed by atoms with Crippen LogP contribution in [0.15, 0.2) is 48.5 Å². The zero-order valence-corrected chi connectivity index (χ0v) is 14.9. The Balaban J connectivity index is 1.97. The number of carbonyl (C=O) groups is 1. The summed E-state index contributed by atoms with van der Waals surface area (Å²) >= 11 is 6.16. The number of fused-ring (bicyclic) bond motifs is 1. The Hall–Kier alpha value is -1.84. The minimum absolute atomic E-state index is 0.0538. The lowest BCUT2D eigenvalue weighted by Crippen LogP contribution is -2.43. The van der Waals surface area contributed by atoms with Crippen LogP contribution < -0.4 is 5.32 Å². The number of amides is 1. The lowest BCUT2D eigenvalue weighted by Gasteiger charge is -2.39. The van der Waals surface area contributed by atoms with Gasteiger partial charge in [0.05, 0.1) is 6.04 Å². The molecule has 0 spiro atoms. The van der Waals surface area contributed by atoms with Crippen LogP contribution in [0, 0.1) is 5.92 Å². The molecule has 1 N–H and O–H groups in total. The molecule has 2 aromatic carbocycles. The van der Waals surface area contributed by atoms with Gasteiger partial charge in [0.1, 0.15) is 0 Å². The molecule has 1 aliphatic heterocycles. The lowest BCUT2D eigenvalue weighted by molar-refractivity contribution is -0.138. The van der Waals surface area contributed by atoms with Crippen LogP contribution in [0.3, 0.4) is 0 Å². The number of benzene rings is 2. The molecule has 0 fully saturated rings. The van der Waals surface area contributed by atoms with Crippen LogP contribution in [0.2, 0.25) is 5.02 Å². The molecule has 3 rings (SSSR count). The number of halogens is 1. The SMILES string of the molecule is CNCC(C)C(=O)N1Cc2cc(Cl)ccc2CC1c1ccccc1. The van der Waals surface area contributed by atoms with Gasteiger partial charge in [0, 0.05) is 24.0 Å². The third-order valence-corrected chi connectivity index (χ3v) is 4.93. The van der Waals surface area contributed by atoms with Crippen LogP contribution in [0.25, 0.3) is 0 Å². The Labute approximate surface area is 148 Å². The van der Waals surface area contributed by atoms with Crippen LogP contribution in [-0.2, 0) is 17.8 Å². The van der Waals surface area contributed by atoms with Gasteiger partial charge in [0.2, 0.25) is 5.91 Å². The van der Waals surface area contributed by atoms with E-state index in [0.717, 1.165) is 17.0 Å². The Morgan fingerprint density at radius 3 is 2.71 bits per heavy atom. The highest BCUT2D eigenvalue weighted by Crippen LogP contribution is 2.35. The van der Waals surface area contributed by atoms with Gasteiger partial charge in [-0.3, -0.25) is 4.79 Å². The van der Waals surface area contributed by atoms with Gasteiger partial charge in [0.25, 0.3) is 0 Å². The number of hydrogen-bond donors (Lipinski definition) is 1. The van der Waals surface area contributed by atoms with Gasteiger partial charge in [0.15, 0.2) is 0 Å². The van der Waals surface area contributed by atoms with E-state index >= 15 is 0 Å². The molecule has 1 amide bonds. The maximum Gasteiger partial charge on any atom is 0.227 e. The predicted molar refractivity (Wildman–Crippen MR) is 98.0 cm³/mol. The van der Waals surface area contributed by atoms with E-state index < -0.39 is 0 Å². The molecule has 0 saturated heterocycles. The normalized spacial score (nSPS) is 18.1. The number of carbonyl (C=O) groups excluding carboxylic acids is 1. The summed E-state index contributed by atoms with van der Waals surface area (Å²) in [6.07, 6.45) is 0.828. The molecule has 4 heteroatoms. The zero-order chi connectivity index (χ0) is 17.1. The first kappa shape index (κ1) is 17.0. The molecule has 2 aromatic rings. The Bertz CT molecular complexity index is 717. The quantitative estimate of drug-likeness (QED) is 0.916. The summed E-state index contributed by atoms with van der Waals surface area (Å²) in [5, 5.41) is 3.83. The Kier molecular flexibility index (Phi) is 5.22. The van der Waals surface area contributed by atoms with Gasteiger partial charge in [-0.1, -0.05) is 54.9 Å². The average Bonchev–Trinajstić information content (AvgIpc) is 2.61. The van der Waals surface area contributed by atoms with Crippen molar-refractivity contribution in [3.8, 4) is 0 Å². The van der Waals surface area contributed by atoms with Crippen molar-refractivity contribution in [1.82, 2.24) is 10.2 Å². The molecule has 126 valence electrons. The number of nitrogens with zero attached hydrogens (tertiary/aromatic N) is 1. The second-order valence-electron chi connectivity index (χ2n) is 6.47. The van der Waals surface area contributed by atoms with E-state index in [1.165, 1.54) is 11.1 Å². The summed E-state index contributed by atoms with van der Waals surface area (Å²) in [6.45, 7) is 3.27. The molecule has 2 unspecified atom stereocenters. The van der Waals surface area contributed by atoms with Gasteiger partial charge >= 0.3 is 0 Å². The number of nitrogens with one attached hydrogen (secondary N) is 1. The molecule has 1 aliphatic rings. The van der Waals surface area contributed by atoms with E-state index in [4.69, 9.17) is 11.6 Å². The van der Waals surface area contributed by atoms with E-state index in [2.05, 4.69) is 23.5 Å². The summed E-state index contributed by atoms with van der Waals surface area (Å²) < 4.78 is 0. The van der Waals surface area contributed by atoms with Gasteiger partial charge in [-0.25, -0.2) is 0 Å². The third-order valence-electron chi connectivity index (χ3n) is 4.70. The van der Waals surface area contributed by atoms with E-state index in [1.54, 1.807) is 0 Å². The molecule has 0 aromatic heterocycles. The summed E-state index contributed by atoms with van der Waals surface area (Å²) in [6, 6.07) is 16.4. The molecule has 1 heterocycles. The van der Waals surface area contributed by atoms with Crippen LogP contribution in [0.4, 0.5) is 0 Å². The van der Waals surface area contributed by atoms with Crippen LogP contribution in [0.1, 0.15) is 29.7 Å². The molecule has 0 saturated carbocycles. The standard InChI is InChI=1S/C20H23ClN2O/c1-14(12-22-2)20(24)23-13-17-10-18(21)9-8-16(17)11-19(23)15-6-4-3-5-7-15/h3-10,14,19,22H,11-13H2,1-2H3. The fraction of sp³-hybridized carbons (Fsp3) is 0.350. The second kappa shape index (κ2) is 7.37. The number of hydrogen-bond acceptors (Lipinski definition) is 2. The summed E-state index contributed by atoms with van der Waals surface area (Å²) in [4.78, 5) is 15.0. The first-order valence-electron chi connectivity index (χ1n) is 8.37. The first-order valence-corrected chi connectivity index (χ1v) is 8.75. The Morgan fingerprint density at radius 2 is 2.00 bits per heavy atom. The molecular weight excluding hydrogens is 320 g/mol. The van der Waals surface area contributed by atoms with Gasteiger partial charge in [-0.15, -0.1) is 0 Å². The minimum Gasteiger partial charge on any atom is -0.331 e. The highest BCUT2D eigenvalue weighted by Gasteiger charge is 2.32.